The lowest BCUT2D eigenvalue weighted by molar-refractivity contribution is 0.0688. The van der Waals surface area contributed by atoms with Crippen LogP contribution in [0.2, 0.25) is 0 Å². The first-order valence-electron chi connectivity index (χ1n) is 5.41. The molecule has 2 heterocycles. The minimum Gasteiger partial charge on any atom is -0.476 e. The van der Waals surface area contributed by atoms with Crippen LogP contribution >= 0.6 is 0 Å². The fourth-order valence-corrected chi connectivity index (χ4v) is 3.88. The Morgan fingerprint density at radius 3 is 2.61 bits per heavy atom. The van der Waals surface area contributed by atoms with Crippen molar-refractivity contribution >= 4 is 15.8 Å². The van der Waals surface area contributed by atoms with Gasteiger partial charge in [-0.2, -0.15) is 0 Å². The molecule has 100 valence electrons. The van der Waals surface area contributed by atoms with E-state index in [1.165, 1.54) is 4.68 Å². The highest BCUT2D eigenvalue weighted by atomic mass is 32.2. The summed E-state index contributed by atoms with van der Waals surface area (Å²) in [6, 6.07) is -0.759. The number of nitrogens with zero attached hydrogens (tertiary/aromatic N) is 3. The second-order valence-electron chi connectivity index (χ2n) is 4.20. The molecule has 0 amide bonds. The second kappa shape index (κ2) is 4.32. The van der Waals surface area contributed by atoms with E-state index in [0.717, 1.165) is 0 Å². The van der Waals surface area contributed by atoms with E-state index in [9.17, 15) is 18.3 Å². The Hall–Kier alpha value is -1.48. The van der Waals surface area contributed by atoms with Gasteiger partial charge in [0, 0.05) is 0 Å². The van der Waals surface area contributed by atoms with Gasteiger partial charge in [-0.1, -0.05) is 12.1 Å². The first-order chi connectivity index (χ1) is 8.35. The van der Waals surface area contributed by atoms with Gasteiger partial charge >= 0.3 is 5.97 Å². The van der Waals surface area contributed by atoms with Crippen LogP contribution in [-0.2, 0) is 16.3 Å². The summed E-state index contributed by atoms with van der Waals surface area (Å²) >= 11 is 0. The fraction of sp³-hybridized carbons (Fsp3) is 0.667. The Balaban J connectivity index is 2.43. The third kappa shape index (κ3) is 2.10. The molecule has 1 aromatic heterocycles. The minimum absolute atomic E-state index is 0.200. The number of carbonyl (C=O) groups is 1. The molecule has 0 spiro atoms. The predicted molar refractivity (Wildman–Crippen MR) is 60.1 cm³/mol. The maximum Gasteiger partial charge on any atom is 0.358 e. The third-order valence-electron chi connectivity index (χ3n) is 2.94. The fourth-order valence-electron chi connectivity index (χ4n) is 2.12. The quantitative estimate of drug-likeness (QED) is 0.715. The zero-order valence-corrected chi connectivity index (χ0v) is 10.5. The van der Waals surface area contributed by atoms with Crippen molar-refractivity contribution in [2.24, 2.45) is 0 Å². The lowest BCUT2D eigenvalue weighted by Gasteiger charge is -2.15. The molecule has 1 aliphatic rings. The molecule has 2 rings (SSSR count). The minimum atomic E-state index is -3.31. The molecule has 0 saturated carbocycles. The van der Waals surface area contributed by atoms with Crippen LogP contribution in [0.5, 0.6) is 0 Å². The highest BCUT2D eigenvalue weighted by Crippen LogP contribution is 2.25. The van der Waals surface area contributed by atoms with Crippen LogP contribution in [0.3, 0.4) is 0 Å². The molecular formula is C9H13N3O5S. The first-order valence-corrected chi connectivity index (χ1v) is 7.23. The average molecular weight is 275 g/mol. The molecule has 0 aromatic carbocycles. The summed E-state index contributed by atoms with van der Waals surface area (Å²) in [6.45, 7) is 1.72. The van der Waals surface area contributed by atoms with Crippen LogP contribution < -0.4 is 0 Å². The van der Waals surface area contributed by atoms with Gasteiger partial charge in [0.25, 0.3) is 0 Å². The topological polar surface area (TPSA) is 122 Å². The number of carboxylic acids is 1. The first kappa shape index (κ1) is 13.0. The average Bonchev–Trinajstić information content (AvgIpc) is 2.78. The van der Waals surface area contributed by atoms with Gasteiger partial charge in [-0.15, -0.1) is 5.10 Å². The summed E-state index contributed by atoms with van der Waals surface area (Å²) in [4.78, 5) is 10.9. The number of aliphatic hydroxyl groups excluding tert-OH is 1. The van der Waals surface area contributed by atoms with Crippen molar-refractivity contribution in [3.63, 3.8) is 0 Å². The van der Waals surface area contributed by atoms with E-state index in [1.54, 1.807) is 6.92 Å². The molecule has 0 radical (unpaired) electrons. The van der Waals surface area contributed by atoms with Gasteiger partial charge in [0.1, 0.15) is 0 Å². The van der Waals surface area contributed by atoms with Crippen LogP contribution in [0.25, 0.3) is 0 Å². The molecule has 2 unspecified atom stereocenters. The van der Waals surface area contributed by atoms with Gasteiger partial charge in [-0.25, -0.2) is 17.9 Å². The molecule has 9 heteroatoms. The van der Waals surface area contributed by atoms with Crippen LogP contribution in [0, 0.1) is 0 Å². The molecule has 0 aliphatic carbocycles. The normalized spacial score (nSPS) is 26.3. The molecule has 2 atom stereocenters. The number of carboxylic acid groups (broad SMARTS) is 1. The number of aromatic carboxylic acids is 1. The zero-order chi connectivity index (χ0) is 13.5. The van der Waals surface area contributed by atoms with E-state index in [2.05, 4.69) is 10.3 Å². The zero-order valence-electron chi connectivity index (χ0n) is 9.65. The van der Waals surface area contributed by atoms with Crippen LogP contribution in [0.1, 0.15) is 29.1 Å². The molecule has 8 nitrogen and oxygen atoms in total. The summed E-state index contributed by atoms with van der Waals surface area (Å²) in [5.74, 6) is -1.79. The van der Waals surface area contributed by atoms with E-state index in [-0.39, 0.29) is 17.2 Å². The van der Waals surface area contributed by atoms with Crippen molar-refractivity contribution in [2.45, 2.75) is 25.5 Å². The van der Waals surface area contributed by atoms with Gasteiger partial charge < -0.3 is 10.2 Å². The Labute approximate surface area is 103 Å². The molecule has 1 fully saturated rings. The lowest BCUT2D eigenvalue weighted by atomic mass is 10.2. The lowest BCUT2D eigenvalue weighted by Crippen LogP contribution is -2.25. The van der Waals surface area contributed by atoms with Crippen LogP contribution in [0.15, 0.2) is 0 Å². The van der Waals surface area contributed by atoms with Crippen molar-refractivity contribution < 1.29 is 23.4 Å². The highest BCUT2D eigenvalue weighted by molar-refractivity contribution is 7.91. The van der Waals surface area contributed by atoms with Gasteiger partial charge in [-0.05, 0) is 6.42 Å². The number of rotatable bonds is 3. The van der Waals surface area contributed by atoms with Crippen molar-refractivity contribution in [3.05, 3.63) is 11.4 Å². The summed E-state index contributed by atoms with van der Waals surface area (Å²) in [5, 5.41) is 25.8. The molecule has 0 bridgehead atoms. The predicted octanol–water partition coefficient (Wildman–Crippen LogP) is -1.13. The van der Waals surface area contributed by atoms with Crippen molar-refractivity contribution in [1.29, 1.82) is 0 Å². The Morgan fingerprint density at radius 1 is 1.50 bits per heavy atom. The molecular weight excluding hydrogens is 262 g/mol. The van der Waals surface area contributed by atoms with Gasteiger partial charge in [0.2, 0.25) is 0 Å². The maximum atomic E-state index is 11.4. The van der Waals surface area contributed by atoms with E-state index >= 15 is 0 Å². The van der Waals surface area contributed by atoms with E-state index in [4.69, 9.17) is 5.11 Å². The van der Waals surface area contributed by atoms with E-state index < -0.39 is 28.0 Å². The second-order valence-corrected chi connectivity index (χ2v) is 6.35. The van der Waals surface area contributed by atoms with Crippen molar-refractivity contribution in [2.75, 3.05) is 11.5 Å². The van der Waals surface area contributed by atoms with Crippen LogP contribution in [0.4, 0.5) is 0 Å². The molecule has 1 saturated heterocycles. The van der Waals surface area contributed by atoms with Gasteiger partial charge in [0.05, 0.1) is 29.3 Å². The number of sulfone groups is 1. The smallest absolute Gasteiger partial charge is 0.358 e. The largest absolute Gasteiger partial charge is 0.476 e. The number of hydrogen-bond acceptors (Lipinski definition) is 6. The van der Waals surface area contributed by atoms with E-state index in [0.29, 0.717) is 12.1 Å². The van der Waals surface area contributed by atoms with Crippen molar-refractivity contribution in [1.82, 2.24) is 15.0 Å². The Kier molecular flexibility index (Phi) is 3.11. The summed E-state index contributed by atoms with van der Waals surface area (Å²) in [6.07, 6.45) is -0.735. The van der Waals surface area contributed by atoms with Crippen LogP contribution in [-0.4, -0.2) is 57.2 Å². The maximum absolute atomic E-state index is 11.4. The van der Waals surface area contributed by atoms with Crippen molar-refractivity contribution in [3.8, 4) is 0 Å². The van der Waals surface area contributed by atoms with Gasteiger partial charge in [0.15, 0.2) is 15.5 Å². The number of aliphatic hydroxyl groups is 1. The molecule has 1 aromatic rings. The molecule has 1 aliphatic heterocycles. The molecule has 2 N–H and O–H groups in total. The molecule has 18 heavy (non-hydrogen) atoms. The summed E-state index contributed by atoms with van der Waals surface area (Å²) in [7, 11) is -3.31. The third-order valence-corrected chi connectivity index (χ3v) is 4.63. The SMILES string of the molecule is CCc1c(C(=O)O)nnn1C1CS(=O)(=O)CC1O. The Bertz CT molecular complexity index is 579. The standard InChI is InChI=1S/C9H13N3O5S/c1-2-5-8(9(14)15)10-11-12(5)6-3-18(16,17)4-7(6)13/h6-7,13H,2-4H2,1H3,(H,14,15). The highest BCUT2D eigenvalue weighted by Gasteiger charge is 2.40. The summed E-state index contributed by atoms with van der Waals surface area (Å²) in [5.41, 5.74) is 0.123. The number of aromatic nitrogens is 3. The Morgan fingerprint density at radius 2 is 2.17 bits per heavy atom. The summed E-state index contributed by atoms with van der Waals surface area (Å²) < 4.78 is 24.1. The monoisotopic (exact) mass is 275 g/mol. The van der Waals surface area contributed by atoms with Gasteiger partial charge in [-0.3, -0.25) is 0 Å². The number of hydrogen-bond donors (Lipinski definition) is 2. The van der Waals surface area contributed by atoms with E-state index in [1.807, 2.05) is 0 Å².